The number of pyridine rings is 1. The van der Waals surface area contributed by atoms with Crippen LogP contribution in [0.2, 0.25) is 5.02 Å². The van der Waals surface area contributed by atoms with Gasteiger partial charge in [-0.05, 0) is 12.8 Å². The van der Waals surface area contributed by atoms with Crippen molar-refractivity contribution in [2.24, 2.45) is 0 Å². The van der Waals surface area contributed by atoms with Crippen molar-refractivity contribution >= 4 is 23.1 Å². The van der Waals surface area contributed by atoms with Crippen LogP contribution in [0.5, 0.6) is 0 Å². The highest BCUT2D eigenvalue weighted by Crippen LogP contribution is 2.33. The molecule has 0 aromatic carbocycles. The fraction of sp³-hybridized carbons (Fsp3) is 0.583. The standard InChI is InChI=1S/C12H16ClN3O3/c13-9-7-11(16(18)19)12(14-8-9)15(5-6-17)10-3-1-2-4-10/h7-8,10,17H,1-6H2. The van der Waals surface area contributed by atoms with Crippen LogP contribution in [0.15, 0.2) is 12.3 Å². The van der Waals surface area contributed by atoms with Gasteiger partial charge >= 0.3 is 5.69 Å². The third kappa shape index (κ3) is 3.13. The lowest BCUT2D eigenvalue weighted by Gasteiger charge is -2.28. The van der Waals surface area contributed by atoms with Gasteiger partial charge in [0.15, 0.2) is 0 Å². The van der Waals surface area contributed by atoms with Gasteiger partial charge in [0, 0.05) is 24.8 Å². The Morgan fingerprint density at radius 1 is 1.53 bits per heavy atom. The number of aliphatic hydroxyl groups is 1. The van der Waals surface area contributed by atoms with E-state index >= 15 is 0 Å². The van der Waals surface area contributed by atoms with Gasteiger partial charge in [-0.1, -0.05) is 24.4 Å². The van der Waals surface area contributed by atoms with Crippen molar-refractivity contribution < 1.29 is 10.0 Å². The number of aliphatic hydroxyl groups excluding tert-OH is 1. The summed E-state index contributed by atoms with van der Waals surface area (Å²) in [6, 6.07) is 1.52. The molecule has 19 heavy (non-hydrogen) atoms. The number of nitrogens with zero attached hydrogens (tertiary/aromatic N) is 3. The minimum atomic E-state index is -0.479. The summed E-state index contributed by atoms with van der Waals surface area (Å²) in [6.07, 6.45) is 5.56. The molecule has 1 N–H and O–H groups in total. The molecule has 2 rings (SSSR count). The first-order valence-electron chi connectivity index (χ1n) is 6.31. The molecule has 0 spiro atoms. The number of rotatable bonds is 5. The van der Waals surface area contributed by atoms with Gasteiger partial charge in [0.05, 0.1) is 16.6 Å². The Morgan fingerprint density at radius 3 is 2.79 bits per heavy atom. The molecule has 104 valence electrons. The highest BCUT2D eigenvalue weighted by atomic mass is 35.5. The summed E-state index contributed by atoms with van der Waals surface area (Å²) in [4.78, 5) is 16.6. The van der Waals surface area contributed by atoms with Gasteiger partial charge in [-0.15, -0.1) is 0 Å². The topological polar surface area (TPSA) is 79.5 Å². The molecular weight excluding hydrogens is 270 g/mol. The van der Waals surface area contributed by atoms with Gasteiger partial charge in [-0.2, -0.15) is 0 Å². The molecule has 1 aromatic rings. The summed E-state index contributed by atoms with van der Waals surface area (Å²) >= 11 is 5.77. The van der Waals surface area contributed by atoms with E-state index in [1.165, 1.54) is 12.3 Å². The second-order valence-electron chi connectivity index (χ2n) is 4.61. The van der Waals surface area contributed by atoms with E-state index < -0.39 is 4.92 Å². The van der Waals surface area contributed by atoms with Crippen molar-refractivity contribution in [2.45, 2.75) is 31.7 Å². The van der Waals surface area contributed by atoms with Gasteiger partial charge in [0.25, 0.3) is 0 Å². The van der Waals surface area contributed by atoms with Crippen LogP contribution in [0.1, 0.15) is 25.7 Å². The van der Waals surface area contributed by atoms with Gasteiger partial charge in [0.1, 0.15) is 0 Å². The monoisotopic (exact) mass is 285 g/mol. The lowest BCUT2D eigenvalue weighted by molar-refractivity contribution is -0.384. The van der Waals surface area contributed by atoms with Gasteiger partial charge in [-0.25, -0.2) is 4.98 Å². The molecule has 0 unspecified atom stereocenters. The molecule has 6 nitrogen and oxygen atoms in total. The summed E-state index contributed by atoms with van der Waals surface area (Å²) in [5.74, 6) is 0.301. The molecule has 1 saturated carbocycles. The molecule has 0 bridgehead atoms. The quantitative estimate of drug-likeness (QED) is 0.664. The zero-order valence-electron chi connectivity index (χ0n) is 10.5. The van der Waals surface area contributed by atoms with Crippen LogP contribution < -0.4 is 4.90 Å². The molecule has 0 atom stereocenters. The van der Waals surface area contributed by atoms with Crippen molar-refractivity contribution in [1.82, 2.24) is 4.98 Å². The Bertz CT molecular complexity index is 464. The molecule has 7 heteroatoms. The number of nitro groups is 1. The first kappa shape index (κ1) is 14.0. The Kier molecular flexibility index (Phi) is 4.55. The predicted octanol–water partition coefficient (Wildman–Crippen LogP) is 2.38. The predicted molar refractivity (Wildman–Crippen MR) is 72.6 cm³/mol. The summed E-state index contributed by atoms with van der Waals surface area (Å²) in [6.45, 7) is 0.290. The molecule has 0 amide bonds. The van der Waals surface area contributed by atoms with Gasteiger partial charge in [-0.3, -0.25) is 10.1 Å². The second-order valence-corrected chi connectivity index (χ2v) is 5.05. The second kappa shape index (κ2) is 6.16. The summed E-state index contributed by atoms with van der Waals surface area (Å²) in [7, 11) is 0. The minimum absolute atomic E-state index is 0.0576. The molecular formula is C12H16ClN3O3. The van der Waals surface area contributed by atoms with Crippen molar-refractivity contribution in [3.63, 3.8) is 0 Å². The van der Waals surface area contributed by atoms with E-state index in [4.69, 9.17) is 11.6 Å². The molecule has 1 aromatic heterocycles. The molecule has 0 aliphatic heterocycles. The maximum atomic E-state index is 11.1. The Balaban J connectivity index is 2.37. The molecule has 1 heterocycles. The van der Waals surface area contributed by atoms with Crippen LogP contribution in [0, 0.1) is 10.1 Å². The van der Waals surface area contributed by atoms with Crippen molar-refractivity contribution in [1.29, 1.82) is 0 Å². The number of halogens is 1. The maximum absolute atomic E-state index is 11.1. The number of hydrogen-bond acceptors (Lipinski definition) is 5. The summed E-state index contributed by atoms with van der Waals surface area (Å²) in [5.41, 5.74) is -0.104. The smallest absolute Gasteiger partial charge is 0.313 e. The largest absolute Gasteiger partial charge is 0.395 e. The van der Waals surface area contributed by atoms with Crippen molar-refractivity contribution in [3.8, 4) is 0 Å². The minimum Gasteiger partial charge on any atom is -0.395 e. The Labute approximate surface area is 116 Å². The van der Waals surface area contributed by atoms with Crippen LogP contribution in [0.4, 0.5) is 11.5 Å². The van der Waals surface area contributed by atoms with Gasteiger partial charge in [0.2, 0.25) is 5.82 Å². The van der Waals surface area contributed by atoms with Gasteiger partial charge < -0.3 is 10.0 Å². The maximum Gasteiger partial charge on any atom is 0.313 e. The average Bonchev–Trinajstić information content (AvgIpc) is 2.90. The van der Waals surface area contributed by atoms with Crippen molar-refractivity contribution in [2.75, 3.05) is 18.1 Å². The molecule has 1 aliphatic carbocycles. The first-order chi connectivity index (χ1) is 9.13. The third-order valence-electron chi connectivity index (χ3n) is 3.39. The highest BCUT2D eigenvalue weighted by Gasteiger charge is 2.29. The zero-order chi connectivity index (χ0) is 13.8. The Hall–Kier alpha value is -1.40. The number of hydrogen-bond donors (Lipinski definition) is 1. The van der Waals surface area contributed by atoms with E-state index in [9.17, 15) is 15.2 Å². The van der Waals surface area contributed by atoms with Crippen LogP contribution >= 0.6 is 11.6 Å². The number of anilines is 1. The average molecular weight is 286 g/mol. The lowest BCUT2D eigenvalue weighted by Crippen LogP contribution is -2.36. The Morgan fingerprint density at radius 2 is 2.21 bits per heavy atom. The summed E-state index contributed by atoms with van der Waals surface area (Å²) < 4.78 is 0. The molecule has 0 radical (unpaired) electrons. The van der Waals surface area contributed by atoms with Crippen LogP contribution in [0.25, 0.3) is 0 Å². The van der Waals surface area contributed by atoms with Crippen LogP contribution in [-0.2, 0) is 0 Å². The normalized spacial score (nSPS) is 15.7. The highest BCUT2D eigenvalue weighted by molar-refractivity contribution is 6.30. The van der Waals surface area contributed by atoms with Crippen LogP contribution in [0.3, 0.4) is 0 Å². The molecule has 0 saturated heterocycles. The number of aromatic nitrogens is 1. The lowest BCUT2D eigenvalue weighted by atomic mass is 10.2. The van der Waals surface area contributed by atoms with E-state index in [0.717, 1.165) is 25.7 Å². The van der Waals surface area contributed by atoms with Crippen molar-refractivity contribution in [3.05, 3.63) is 27.4 Å². The summed E-state index contributed by atoms with van der Waals surface area (Å²) in [5, 5.41) is 20.5. The first-order valence-corrected chi connectivity index (χ1v) is 6.68. The molecule has 1 aliphatic rings. The molecule has 1 fully saturated rings. The van der Waals surface area contributed by atoms with E-state index in [0.29, 0.717) is 12.4 Å². The third-order valence-corrected chi connectivity index (χ3v) is 3.60. The SMILES string of the molecule is O=[N+]([O-])c1cc(Cl)cnc1N(CCO)C1CCCC1. The van der Waals surface area contributed by atoms with Crippen LogP contribution in [-0.4, -0.2) is 34.2 Å². The fourth-order valence-electron chi connectivity index (χ4n) is 2.56. The van der Waals surface area contributed by atoms with E-state index in [-0.39, 0.29) is 23.4 Å². The fourth-order valence-corrected chi connectivity index (χ4v) is 2.71. The zero-order valence-corrected chi connectivity index (χ0v) is 11.2. The van der Waals surface area contributed by atoms with E-state index in [2.05, 4.69) is 4.98 Å². The van der Waals surface area contributed by atoms with E-state index in [1.807, 2.05) is 4.90 Å². The van der Waals surface area contributed by atoms with E-state index in [1.54, 1.807) is 0 Å².